The Morgan fingerprint density at radius 1 is 1.25 bits per heavy atom. The molecule has 0 aliphatic carbocycles. The first-order valence-corrected chi connectivity index (χ1v) is 8.87. The van der Waals surface area contributed by atoms with Crippen LogP contribution in [0.5, 0.6) is 0 Å². The summed E-state index contributed by atoms with van der Waals surface area (Å²) >= 11 is 6.08. The van der Waals surface area contributed by atoms with Gasteiger partial charge in [0, 0.05) is 10.6 Å². The summed E-state index contributed by atoms with van der Waals surface area (Å²) < 4.78 is 7.52. The number of tetrazole rings is 1. The second kappa shape index (κ2) is 7.17. The van der Waals surface area contributed by atoms with E-state index in [-0.39, 0.29) is 11.6 Å². The molecule has 0 spiro atoms. The van der Waals surface area contributed by atoms with Crippen molar-refractivity contribution < 1.29 is 9.64 Å². The molecule has 130 valence electrons. The second-order valence-corrected chi connectivity index (χ2v) is 7.31. The Balaban J connectivity index is 2.05. The highest BCUT2D eigenvalue weighted by Crippen LogP contribution is 2.25. The maximum absolute atomic E-state index is 6.08. The molecule has 0 amide bonds. The summed E-state index contributed by atoms with van der Waals surface area (Å²) in [6.07, 6.45) is 0.955. The van der Waals surface area contributed by atoms with Gasteiger partial charge in [-0.05, 0) is 42.8 Å². The number of benzene rings is 1. The van der Waals surface area contributed by atoms with Crippen molar-refractivity contribution in [2.45, 2.75) is 38.8 Å². The Kier molecular flexibility index (Phi) is 5.18. The first-order chi connectivity index (χ1) is 11.5. The maximum atomic E-state index is 6.08. The van der Waals surface area contributed by atoms with Gasteiger partial charge in [-0.25, -0.2) is 4.68 Å². The molecule has 3 rings (SSSR count). The molecule has 6 nitrogen and oxygen atoms in total. The van der Waals surface area contributed by atoms with Crippen molar-refractivity contribution in [2.75, 3.05) is 26.3 Å². The predicted octanol–water partition coefficient (Wildman–Crippen LogP) is 1.48. The fourth-order valence-electron chi connectivity index (χ4n) is 3.10. The molecule has 2 heterocycles. The van der Waals surface area contributed by atoms with E-state index in [0.717, 1.165) is 43.6 Å². The number of nitrogens with one attached hydrogen (secondary N) is 1. The number of aromatic nitrogens is 4. The molecule has 7 heteroatoms. The summed E-state index contributed by atoms with van der Waals surface area (Å²) in [5.74, 6) is 0.904. The minimum Gasteiger partial charge on any atom is -0.370 e. The lowest BCUT2D eigenvalue weighted by Crippen LogP contribution is -3.14. The first-order valence-electron chi connectivity index (χ1n) is 8.49. The van der Waals surface area contributed by atoms with Gasteiger partial charge in [0.15, 0.2) is 6.04 Å². The van der Waals surface area contributed by atoms with E-state index >= 15 is 0 Å². The van der Waals surface area contributed by atoms with Gasteiger partial charge in [-0.1, -0.05) is 30.7 Å². The molecule has 0 radical (unpaired) electrons. The summed E-state index contributed by atoms with van der Waals surface area (Å²) in [7, 11) is 0. The highest BCUT2D eigenvalue weighted by Gasteiger charge is 2.36. The number of morpholine rings is 1. The second-order valence-electron chi connectivity index (χ2n) is 6.87. The average Bonchev–Trinajstić information content (AvgIpc) is 3.08. The molecular weight excluding hydrogens is 326 g/mol. The lowest BCUT2D eigenvalue weighted by molar-refractivity contribution is -0.933. The van der Waals surface area contributed by atoms with Crippen LogP contribution in [-0.4, -0.2) is 46.5 Å². The summed E-state index contributed by atoms with van der Waals surface area (Å²) in [6.45, 7) is 9.89. The molecule has 1 aromatic carbocycles. The Bertz CT molecular complexity index is 664. The predicted molar refractivity (Wildman–Crippen MR) is 92.2 cm³/mol. The zero-order valence-corrected chi connectivity index (χ0v) is 15.3. The SMILES string of the molecule is CCC(C)(C)n1nnnc1[C@H](c1ccc(Cl)cc1)[NH+]1CCOCC1. The molecule has 1 saturated heterocycles. The Morgan fingerprint density at radius 3 is 2.54 bits per heavy atom. The number of ether oxygens (including phenoxy) is 1. The van der Waals surface area contributed by atoms with E-state index in [0.29, 0.717) is 0 Å². The Hall–Kier alpha value is -1.50. The molecule has 24 heavy (non-hydrogen) atoms. The van der Waals surface area contributed by atoms with Gasteiger partial charge in [-0.2, -0.15) is 0 Å². The monoisotopic (exact) mass is 350 g/mol. The average molecular weight is 351 g/mol. The van der Waals surface area contributed by atoms with Crippen LogP contribution in [0.2, 0.25) is 5.02 Å². The third-order valence-electron chi connectivity index (χ3n) is 4.94. The molecule has 0 bridgehead atoms. The van der Waals surface area contributed by atoms with Gasteiger partial charge in [0.25, 0.3) is 0 Å². The normalized spacial score (nSPS) is 17.8. The zero-order valence-electron chi connectivity index (χ0n) is 14.5. The van der Waals surface area contributed by atoms with E-state index in [1.165, 1.54) is 10.5 Å². The largest absolute Gasteiger partial charge is 0.370 e. The van der Waals surface area contributed by atoms with Crippen LogP contribution < -0.4 is 4.90 Å². The molecule has 0 saturated carbocycles. The van der Waals surface area contributed by atoms with E-state index in [4.69, 9.17) is 16.3 Å². The van der Waals surface area contributed by atoms with Gasteiger partial charge >= 0.3 is 0 Å². The van der Waals surface area contributed by atoms with Gasteiger partial charge in [-0.3, -0.25) is 0 Å². The van der Waals surface area contributed by atoms with Crippen LogP contribution in [0.3, 0.4) is 0 Å². The van der Waals surface area contributed by atoms with Gasteiger partial charge in [0.05, 0.1) is 18.8 Å². The highest BCUT2D eigenvalue weighted by atomic mass is 35.5. The van der Waals surface area contributed by atoms with Crippen molar-refractivity contribution in [1.29, 1.82) is 0 Å². The first kappa shape index (κ1) is 17.3. The van der Waals surface area contributed by atoms with Crippen LogP contribution in [0.4, 0.5) is 0 Å². The van der Waals surface area contributed by atoms with Gasteiger partial charge in [0.1, 0.15) is 13.1 Å². The van der Waals surface area contributed by atoms with Crippen LogP contribution in [-0.2, 0) is 10.3 Å². The van der Waals surface area contributed by atoms with Crippen LogP contribution in [0.15, 0.2) is 24.3 Å². The smallest absolute Gasteiger partial charge is 0.214 e. The topological polar surface area (TPSA) is 57.3 Å². The fourth-order valence-corrected chi connectivity index (χ4v) is 3.23. The van der Waals surface area contributed by atoms with Gasteiger partial charge in [0.2, 0.25) is 5.82 Å². The summed E-state index contributed by atoms with van der Waals surface area (Å²) in [5, 5.41) is 13.4. The summed E-state index contributed by atoms with van der Waals surface area (Å²) in [5.41, 5.74) is 1.05. The molecule has 1 aliphatic heterocycles. The van der Waals surface area contributed by atoms with Gasteiger partial charge < -0.3 is 9.64 Å². The third-order valence-corrected chi connectivity index (χ3v) is 5.19. The standard InChI is InChI=1S/C17H24ClN5O/c1-4-17(2,3)23-16(19-20-21-23)15(22-9-11-24-12-10-22)13-5-7-14(18)8-6-13/h5-8,15H,4,9-12H2,1-3H3/p+1/t15-/m0/s1. The van der Waals surface area contributed by atoms with Crippen LogP contribution in [0.25, 0.3) is 0 Å². The number of rotatable bonds is 5. The molecule has 1 N–H and O–H groups in total. The minimum atomic E-state index is -0.130. The molecule has 1 fully saturated rings. The maximum Gasteiger partial charge on any atom is 0.214 e. The molecule has 0 unspecified atom stereocenters. The summed E-state index contributed by atoms with van der Waals surface area (Å²) in [4.78, 5) is 1.42. The van der Waals surface area contributed by atoms with Crippen molar-refractivity contribution in [3.63, 3.8) is 0 Å². The molecule has 2 aromatic rings. The molecule has 1 aliphatic rings. The van der Waals surface area contributed by atoms with E-state index in [1.807, 2.05) is 16.8 Å². The van der Waals surface area contributed by atoms with Gasteiger partial charge in [-0.15, -0.1) is 5.10 Å². The lowest BCUT2D eigenvalue weighted by atomic mass is 9.99. The van der Waals surface area contributed by atoms with E-state index in [2.05, 4.69) is 48.4 Å². The van der Waals surface area contributed by atoms with Crippen LogP contribution in [0.1, 0.15) is 44.6 Å². The fraction of sp³-hybridized carbons (Fsp3) is 0.588. The van der Waals surface area contributed by atoms with Crippen molar-refractivity contribution in [1.82, 2.24) is 20.2 Å². The Labute approximate surface area is 147 Å². The van der Waals surface area contributed by atoms with E-state index in [9.17, 15) is 0 Å². The minimum absolute atomic E-state index is 0.0759. The molecule has 1 atom stereocenters. The van der Waals surface area contributed by atoms with Crippen molar-refractivity contribution in [3.8, 4) is 0 Å². The third kappa shape index (κ3) is 3.45. The van der Waals surface area contributed by atoms with Crippen molar-refractivity contribution in [2.24, 2.45) is 0 Å². The van der Waals surface area contributed by atoms with E-state index < -0.39 is 0 Å². The number of hydrogen-bond donors (Lipinski definition) is 1. The van der Waals surface area contributed by atoms with Crippen molar-refractivity contribution in [3.05, 3.63) is 40.7 Å². The lowest BCUT2D eigenvalue weighted by Gasteiger charge is -2.33. The number of nitrogens with zero attached hydrogens (tertiary/aromatic N) is 4. The Morgan fingerprint density at radius 2 is 1.92 bits per heavy atom. The zero-order chi connectivity index (χ0) is 17.2. The summed E-state index contributed by atoms with van der Waals surface area (Å²) in [6, 6.07) is 8.10. The quantitative estimate of drug-likeness (QED) is 0.887. The van der Waals surface area contributed by atoms with E-state index in [1.54, 1.807) is 0 Å². The number of quaternary nitrogens is 1. The number of halogens is 1. The highest BCUT2D eigenvalue weighted by molar-refractivity contribution is 6.30. The molecular formula is C17H25ClN5O+. The van der Waals surface area contributed by atoms with Crippen LogP contribution in [0, 0.1) is 0 Å². The molecule has 1 aromatic heterocycles. The number of hydrogen-bond acceptors (Lipinski definition) is 4. The van der Waals surface area contributed by atoms with Crippen LogP contribution >= 0.6 is 11.6 Å². The van der Waals surface area contributed by atoms with Crippen molar-refractivity contribution >= 4 is 11.6 Å².